The number of aliphatic hydroxyl groups excluding tert-OH is 1. The summed E-state index contributed by atoms with van der Waals surface area (Å²) >= 11 is 1.30. The van der Waals surface area contributed by atoms with Gasteiger partial charge in [-0.1, -0.05) is 0 Å². The molecule has 2 rings (SSSR count). The van der Waals surface area contributed by atoms with E-state index in [2.05, 4.69) is 10.3 Å². The summed E-state index contributed by atoms with van der Waals surface area (Å²) in [6, 6.07) is 5.15. The van der Waals surface area contributed by atoms with Crippen LogP contribution in [0.3, 0.4) is 0 Å². The third kappa shape index (κ3) is 4.17. The molecule has 0 radical (unpaired) electrons. The zero-order valence-electron chi connectivity index (χ0n) is 11.6. The number of nitrogens with zero attached hydrogens (tertiary/aromatic N) is 1. The third-order valence-electron chi connectivity index (χ3n) is 2.73. The van der Waals surface area contributed by atoms with E-state index in [4.69, 9.17) is 10.5 Å². The molecule has 0 saturated heterocycles. The molecule has 0 bridgehead atoms. The van der Waals surface area contributed by atoms with Crippen LogP contribution < -0.4 is 15.8 Å². The molecule has 7 heteroatoms. The van der Waals surface area contributed by atoms with Gasteiger partial charge in [0.1, 0.15) is 5.75 Å². The van der Waals surface area contributed by atoms with Crippen LogP contribution in [-0.2, 0) is 17.8 Å². The molecule has 0 aliphatic carbocycles. The number of nitrogen functional groups attached to an aromatic ring is 1. The topological polar surface area (TPSA) is 97.5 Å². The summed E-state index contributed by atoms with van der Waals surface area (Å²) in [7, 11) is 0. The number of hydrogen-bond acceptors (Lipinski definition) is 6. The first kappa shape index (κ1) is 15.3. The highest BCUT2D eigenvalue weighted by Crippen LogP contribution is 2.23. The number of nitrogens with two attached hydrogens (primary N) is 1. The Morgan fingerprint density at radius 1 is 1.52 bits per heavy atom. The molecule has 0 aliphatic heterocycles. The van der Waals surface area contributed by atoms with E-state index in [-0.39, 0.29) is 18.9 Å². The number of thiazole rings is 1. The molecule has 6 nitrogen and oxygen atoms in total. The maximum atomic E-state index is 11.9. The smallest absolute Gasteiger partial charge is 0.230 e. The summed E-state index contributed by atoms with van der Waals surface area (Å²) in [4.78, 5) is 16.0. The number of aliphatic hydroxyl groups is 1. The van der Waals surface area contributed by atoms with Crippen molar-refractivity contribution < 1.29 is 14.6 Å². The van der Waals surface area contributed by atoms with Crippen LogP contribution in [-0.4, -0.2) is 22.6 Å². The number of ether oxygens (including phenoxy) is 1. The Bertz CT molecular complexity index is 628. The number of anilines is 2. The lowest BCUT2D eigenvalue weighted by Crippen LogP contribution is -2.15. The predicted octanol–water partition coefficient (Wildman–Crippen LogP) is 1.80. The quantitative estimate of drug-likeness (QED) is 0.756. The number of benzene rings is 1. The average Bonchev–Trinajstić information content (AvgIpc) is 2.85. The van der Waals surface area contributed by atoms with Crippen molar-refractivity contribution >= 4 is 28.1 Å². The van der Waals surface area contributed by atoms with Crippen LogP contribution >= 0.6 is 11.3 Å². The highest BCUT2D eigenvalue weighted by atomic mass is 32.1. The number of aromatic nitrogens is 1. The largest absolute Gasteiger partial charge is 0.494 e. The summed E-state index contributed by atoms with van der Waals surface area (Å²) in [5.41, 5.74) is 7.41. The summed E-state index contributed by atoms with van der Waals surface area (Å²) in [5.74, 6) is 0.429. The van der Waals surface area contributed by atoms with Gasteiger partial charge in [-0.2, -0.15) is 0 Å². The van der Waals surface area contributed by atoms with Crippen LogP contribution in [0.2, 0.25) is 0 Å². The highest BCUT2D eigenvalue weighted by Gasteiger charge is 2.09. The van der Waals surface area contributed by atoms with Gasteiger partial charge in [-0.15, -0.1) is 11.3 Å². The Morgan fingerprint density at radius 2 is 2.33 bits per heavy atom. The van der Waals surface area contributed by atoms with E-state index in [9.17, 15) is 9.90 Å². The van der Waals surface area contributed by atoms with Crippen molar-refractivity contribution in [3.63, 3.8) is 0 Å². The Balaban J connectivity index is 2.03. The zero-order valence-corrected chi connectivity index (χ0v) is 12.4. The van der Waals surface area contributed by atoms with Crippen molar-refractivity contribution in [3.8, 4) is 5.75 Å². The lowest BCUT2D eigenvalue weighted by Gasteiger charge is -2.11. The first-order valence-electron chi connectivity index (χ1n) is 6.48. The number of hydrogen-bond donors (Lipinski definition) is 3. The molecule has 1 aromatic carbocycles. The molecule has 0 atom stereocenters. The summed E-state index contributed by atoms with van der Waals surface area (Å²) in [6.07, 6.45) is 0.162. The molecule has 21 heavy (non-hydrogen) atoms. The molecule has 112 valence electrons. The number of amides is 1. The third-order valence-corrected chi connectivity index (χ3v) is 3.45. The van der Waals surface area contributed by atoms with Crippen molar-refractivity contribution in [3.05, 3.63) is 34.8 Å². The van der Waals surface area contributed by atoms with E-state index in [1.807, 2.05) is 6.92 Å². The van der Waals surface area contributed by atoms with Gasteiger partial charge >= 0.3 is 0 Å². The summed E-state index contributed by atoms with van der Waals surface area (Å²) in [5, 5.41) is 14.3. The van der Waals surface area contributed by atoms with E-state index in [1.54, 1.807) is 23.6 Å². The molecule has 0 unspecified atom stereocenters. The molecule has 1 amide bonds. The average molecular weight is 307 g/mol. The van der Waals surface area contributed by atoms with Crippen LogP contribution in [0.4, 0.5) is 10.8 Å². The van der Waals surface area contributed by atoms with Crippen LogP contribution in [0.1, 0.15) is 18.2 Å². The normalized spacial score (nSPS) is 10.4. The fraction of sp³-hybridized carbons (Fsp3) is 0.286. The molecule has 0 fully saturated rings. The second kappa shape index (κ2) is 7.05. The fourth-order valence-electron chi connectivity index (χ4n) is 1.85. The number of carbonyl (C=O) groups excluding carboxylic acids is 1. The van der Waals surface area contributed by atoms with Crippen LogP contribution in [0.25, 0.3) is 0 Å². The van der Waals surface area contributed by atoms with Crippen molar-refractivity contribution in [2.24, 2.45) is 0 Å². The first-order valence-corrected chi connectivity index (χ1v) is 7.36. The first-order chi connectivity index (χ1) is 10.1. The van der Waals surface area contributed by atoms with Crippen molar-refractivity contribution in [1.82, 2.24) is 4.98 Å². The number of carbonyl (C=O) groups is 1. The second-order valence-corrected chi connectivity index (χ2v) is 5.21. The van der Waals surface area contributed by atoms with Gasteiger partial charge in [0.2, 0.25) is 5.91 Å². The second-order valence-electron chi connectivity index (χ2n) is 4.32. The predicted molar refractivity (Wildman–Crippen MR) is 82.4 cm³/mol. The van der Waals surface area contributed by atoms with Gasteiger partial charge < -0.3 is 20.9 Å². The molecule has 0 aliphatic rings. The minimum atomic E-state index is -0.187. The van der Waals surface area contributed by atoms with E-state index >= 15 is 0 Å². The van der Waals surface area contributed by atoms with Gasteiger partial charge in [0, 0.05) is 16.6 Å². The lowest BCUT2D eigenvalue weighted by molar-refractivity contribution is -0.115. The van der Waals surface area contributed by atoms with Crippen molar-refractivity contribution in [1.29, 1.82) is 0 Å². The van der Waals surface area contributed by atoms with Crippen molar-refractivity contribution in [2.75, 3.05) is 17.7 Å². The molecule has 0 spiro atoms. The van der Waals surface area contributed by atoms with E-state index in [1.165, 1.54) is 11.3 Å². The minimum Gasteiger partial charge on any atom is -0.494 e. The van der Waals surface area contributed by atoms with Gasteiger partial charge in [-0.3, -0.25) is 4.79 Å². The van der Waals surface area contributed by atoms with Gasteiger partial charge in [-0.25, -0.2) is 4.98 Å². The number of rotatable bonds is 6. The van der Waals surface area contributed by atoms with Gasteiger partial charge in [-0.05, 0) is 25.1 Å². The molecule has 2 aromatic rings. The Kier molecular flexibility index (Phi) is 5.13. The number of nitrogens with one attached hydrogen (secondary N) is 1. The Labute approximate surface area is 126 Å². The summed E-state index contributed by atoms with van der Waals surface area (Å²) in [6.45, 7) is 2.24. The molecular weight excluding hydrogens is 290 g/mol. The van der Waals surface area contributed by atoms with Crippen LogP contribution in [0.15, 0.2) is 23.6 Å². The molecule has 0 saturated carbocycles. The Hall–Kier alpha value is -2.12. The molecule has 4 N–H and O–H groups in total. The van der Waals surface area contributed by atoms with Crippen molar-refractivity contribution in [2.45, 2.75) is 20.0 Å². The van der Waals surface area contributed by atoms with Gasteiger partial charge in [0.05, 0.1) is 25.3 Å². The fourth-order valence-corrected chi connectivity index (χ4v) is 2.41. The van der Waals surface area contributed by atoms with Crippen LogP contribution in [0.5, 0.6) is 5.75 Å². The summed E-state index contributed by atoms with van der Waals surface area (Å²) < 4.78 is 5.39. The van der Waals surface area contributed by atoms with E-state index in [0.717, 1.165) is 0 Å². The molecular formula is C14H17N3O3S. The minimum absolute atomic E-state index is 0.151. The zero-order chi connectivity index (χ0) is 15.2. The maximum Gasteiger partial charge on any atom is 0.230 e. The van der Waals surface area contributed by atoms with E-state index in [0.29, 0.717) is 34.4 Å². The SMILES string of the molecule is CCOc1ccc(NC(=O)Cc2csc(N)n2)cc1CO. The lowest BCUT2D eigenvalue weighted by atomic mass is 10.2. The van der Waals surface area contributed by atoms with Crippen LogP contribution in [0, 0.1) is 0 Å². The molecule has 1 heterocycles. The van der Waals surface area contributed by atoms with Gasteiger partial charge in [0.25, 0.3) is 0 Å². The van der Waals surface area contributed by atoms with E-state index < -0.39 is 0 Å². The highest BCUT2D eigenvalue weighted by molar-refractivity contribution is 7.13. The maximum absolute atomic E-state index is 11.9. The van der Waals surface area contributed by atoms with Gasteiger partial charge in [0.15, 0.2) is 5.13 Å². The Morgan fingerprint density at radius 3 is 2.95 bits per heavy atom. The monoisotopic (exact) mass is 307 g/mol. The molecule has 1 aromatic heterocycles. The standard InChI is InChI=1S/C14H17N3O3S/c1-2-20-12-4-3-10(5-9(12)7-18)16-13(19)6-11-8-21-14(15)17-11/h3-5,8,18H,2,6-7H2,1H3,(H2,15,17)(H,16,19).